The molecule has 0 saturated carbocycles. The molecule has 3 aromatic rings. The molecule has 0 saturated heterocycles. The lowest BCUT2D eigenvalue weighted by atomic mass is 10.0. The Morgan fingerprint density at radius 1 is 1.13 bits per heavy atom. The Morgan fingerprint density at radius 2 is 1.80 bits per heavy atom. The Balaban J connectivity index is 1.59. The van der Waals surface area contributed by atoms with E-state index in [2.05, 4.69) is 53.6 Å². The third-order valence-corrected chi connectivity index (χ3v) is 4.47. The Kier molecular flexibility index (Phi) is 6.26. The first kappa shape index (κ1) is 20.8. The molecule has 3 rings (SSSR count). The summed E-state index contributed by atoms with van der Waals surface area (Å²) in [5.74, 6) is 0.179. The molecule has 0 aliphatic heterocycles. The van der Waals surface area contributed by atoms with E-state index in [-0.39, 0.29) is 5.69 Å². The van der Waals surface area contributed by atoms with Gasteiger partial charge in [0.1, 0.15) is 5.69 Å². The molecule has 154 valence electrons. The maximum absolute atomic E-state index is 12.4. The summed E-state index contributed by atoms with van der Waals surface area (Å²) in [6.45, 7) is 8.18. The highest BCUT2D eigenvalue weighted by Gasteiger charge is 2.12. The number of hydrogen-bond donors (Lipinski definition) is 3. The topological polar surface area (TPSA) is 113 Å². The van der Waals surface area contributed by atoms with Gasteiger partial charge in [0.15, 0.2) is 0 Å². The third kappa shape index (κ3) is 5.11. The van der Waals surface area contributed by atoms with Crippen molar-refractivity contribution in [3.05, 3.63) is 88.1 Å². The van der Waals surface area contributed by atoms with Crippen LogP contribution in [0.15, 0.2) is 61.2 Å². The molecule has 0 bridgehead atoms. The number of non-ortho nitro benzene ring substituents is 1. The van der Waals surface area contributed by atoms with E-state index in [1.165, 1.54) is 17.7 Å². The molecule has 1 heterocycles. The molecule has 2 aromatic carbocycles. The van der Waals surface area contributed by atoms with Crippen LogP contribution in [0.2, 0.25) is 0 Å². The molecule has 3 N–H and O–H groups in total. The molecular formula is C22H23N5O3. The van der Waals surface area contributed by atoms with E-state index in [0.717, 1.165) is 12.0 Å². The summed E-state index contributed by atoms with van der Waals surface area (Å²) < 4.78 is 0. The summed E-state index contributed by atoms with van der Waals surface area (Å²) in [5.41, 5.74) is 9.39. The van der Waals surface area contributed by atoms with Crippen LogP contribution in [0.5, 0.6) is 0 Å². The van der Waals surface area contributed by atoms with Crippen molar-refractivity contribution in [2.45, 2.75) is 20.3 Å². The van der Waals surface area contributed by atoms with Crippen LogP contribution in [0, 0.1) is 16.0 Å². The zero-order valence-electron chi connectivity index (χ0n) is 16.8. The molecular weight excluding hydrogens is 382 g/mol. The van der Waals surface area contributed by atoms with Crippen LogP contribution in [0.4, 0.5) is 5.69 Å². The molecule has 0 spiro atoms. The molecule has 30 heavy (non-hydrogen) atoms. The first-order valence-corrected chi connectivity index (χ1v) is 9.48. The zero-order valence-corrected chi connectivity index (χ0v) is 16.8. The van der Waals surface area contributed by atoms with Gasteiger partial charge in [0.25, 0.3) is 11.6 Å². The van der Waals surface area contributed by atoms with Crippen molar-refractivity contribution in [2.75, 3.05) is 0 Å². The highest BCUT2D eigenvalue weighted by Crippen LogP contribution is 2.20. The lowest BCUT2D eigenvalue weighted by Crippen LogP contribution is -2.36. The van der Waals surface area contributed by atoms with Crippen LogP contribution >= 0.6 is 0 Å². The summed E-state index contributed by atoms with van der Waals surface area (Å²) in [5, 5.41) is 17.7. The number of nitro groups is 1. The standard InChI is InChI=1S/C22H23N5O3/c1-14(2)12-16-4-6-18(7-5-16)20-13-21(25-24-20)22(28)26-23-15(3)17-8-10-19(11-9-17)27(29)30/h4-11,13-14,23H,3,12H2,1-2H3,(H,24,25)(H,26,28). The van der Waals surface area contributed by atoms with Crippen LogP contribution in [0.1, 0.15) is 35.5 Å². The van der Waals surface area contributed by atoms with Crippen molar-refractivity contribution in [1.29, 1.82) is 0 Å². The van der Waals surface area contributed by atoms with Crippen molar-refractivity contribution in [3.8, 4) is 11.3 Å². The van der Waals surface area contributed by atoms with Gasteiger partial charge < -0.3 is 0 Å². The van der Waals surface area contributed by atoms with Gasteiger partial charge in [-0.1, -0.05) is 44.7 Å². The van der Waals surface area contributed by atoms with E-state index in [4.69, 9.17) is 0 Å². The quantitative estimate of drug-likeness (QED) is 0.386. The lowest BCUT2D eigenvalue weighted by Gasteiger charge is -2.10. The number of carbonyl (C=O) groups excluding carboxylic acids is 1. The largest absolute Gasteiger partial charge is 0.298 e. The predicted octanol–water partition coefficient (Wildman–Crippen LogP) is 4.09. The number of hydrogen-bond acceptors (Lipinski definition) is 5. The van der Waals surface area contributed by atoms with E-state index < -0.39 is 10.8 Å². The van der Waals surface area contributed by atoms with Gasteiger partial charge >= 0.3 is 0 Å². The molecule has 0 aliphatic carbocycles. The van der Waals surface area contributed by atoms with Crippen molar-refractivity contribution in [2.24, 2.45) is 5.92 Å². The van der Waals surface area contributed by atoms with Crippen molar-refractivity contribution < 1.29 is 9.72 Å². The Morgan fingerprint density at radius 3 is 2.40 bits per heavy atom. The smallest absolute Gasteiger partial charge is 0.287 e. The number of nitro benzene ring substituents is 1. The van der Waals surface area contributed by atoms with Crippen LogP contribution in [-0.2, 0) is 6.42 Å². The number of H-pyrrole nitrogens is 1. The van der Waals surface area contributed by atoms with Crippen molar-refractivity contribution in [3.63, 3.8) is 0 Å². The Bertz CT molecular complexity index is 1050. The van der Waals surface area contributed by atoms with Gasteiger partial charge in [-0.2, -0.15) is 5.10 Å². The van der Waals surface area contributed by atoms with Crippen molar-refractivity contribution >= 4 is 17.3 Å². The minimum atomic E-state index is -0.477. The van der Waals surface area contributed by atoms with Crippen LogP contribution in [-0.4, -0.2) is 21.0 Å². The molecule has 1 aromatic heterocycles. The fraction of sp³-hybridized carbons (Fsp3) is 0.182. The second kappa shape index (κ2) is 9.04. The molecule has 1 amide bonds. The number of benzene rings is 2. The first-order chi connectivity index (χ1) is 14.3. The average molecular weight is 405 g/mol. The SMILES string of the molecule is C=C(NNC(=O)c1cc(-c2ccc(CC(C)C)cc2)n[nH]1)c1ccc([N+](=O)[O-])cc1. The van der Waals surface area contributed by atoms with Crippen LogP contribution in [0.25, 0.3) is 17.0 Å². The average Bonchev–Trinajstić information content (AvgIpc) is 3.22. The van der Waals surface area contributed by atoms with E-state index in [0.29, 0.717) is 28.6 Å². The Hall–Kier alpha value is -3.94. The van der Waals surface area contributed by atoms with Crippen molar-refractivity contribution in [1.82, 2.24) is 21.0 Å². The molecule has 0 aliphatic rings. The van der Waals surface area contributed by atoms with E-state index in [1.807, 2.05) is 12.1 Å². The van der Waals surface area contributed by atoms with E-state index >= 15 is 0 Å². The third-order valence-electron chi connectivity index (χ3n) is 4.47. The Labute approximate surface area is 174 Å². The number of nitrogens with zero attached hydrogens (tertiary/aromatic N) is 2. The van der Waals surface area contributed by atoms with Gasteiger partial charge in [-0.25, -0.2) is 0 Å². The molecule has 8 nitrogen and oxygen atoms in total. The number of aromatic amines is 1. The number of nitrogens with one attached hydrogen (secondary N) is 3. The zero-order chi connectivity index (χ0) is 21.7. The number of aromatic nitrogens is 2. The van der Waals surface area contributed by atoms with Crippen LogP contribution < -0.4 is 10.9 Å². The maximum Gasteiger partial charge on any atom is 0.287 e. The molecule has 0 radical (unpaired) electrons. The molecule has 8 heteroatoms. The number of hydrazine groups is 1. The van der Waals surface area contributed by atoms with E-state index in [1.54, 1.807) is 18.2 Å². The van der Waals surface area contributed by atoms with Gasteiger partial charge in [0, 0.05) is 17.7 Å². The fourth-order valence-electron chi connectivity index (χ4n) is 2.92. The normalized spacial score (nSPS) is 10.6. The van der Waals surface area contributed by atoms with Crippen LogP contribution in [0.3, 0.4) is 0 Å². The minimum absolute atomic E-state index is 0.0159. The summed E-state index contributed by atoms with van der Waals surface area (Å²) in [7, 11) is 0. The van der Waals surface area contributed by atoms with E-state index in [9.17, 15) is 14.9 Å². The van der Waals surface area contributed by atoms with Gasteiger partial charge in [0.05, 0.1) is 16.3 Å². The fourth-order valence-corrected chi connectivity index (χ4v) is 2.92. The first-order valence-electron chi connectivity index (χ1n) is 9.48. The monoisotopic (exact) mass is 405 g/mol. The summed E-state index contributed by atoms with van der Waals surface area (Å²) in [6.07, 6.45) is 1.01. The van der Waals surface area contributed by atoms with Gasteiger partial charge in [-0.3, -0.25) is 30.9 Å². The second-order valence-corrected chi connectivity index (χ2v) is 7.32. The lowest BCUT2D eigenvalue weighted by molar-refractivity contribution is -0.384. The molecule has 0 unspecified atom stereocenters. The maximum atomic E-state index is 12.4. The summed E-state index contributed by atoms with van der Waals surface area (Å²) in [4.78, 5) is 22.6. The predicted molar refractivity (Wildman–Crippen MR) is 115 cm³/mol. The number of amides is 1. The van der Waals surface area contributed by atoms with Gasteiger partial charge in [0.2, 0.25) is 0 Å². The highest BCUT2D eigenvalue weighted by molar-refractivity contribution is 5.93. The summed E-state index contributed by atoms with van der Waals surface area (Å²) in [6, 6.07) is 15.6. The summed E-state index contributed by atoms with van der Waals surface area (Å²) >= 11 is 0. The number of carbonyl (C=O) groups is 1. The highest BCUT2D eigenvalue weighted by atomic mass is 16.6. The molecule has 0 atom stereocenters. The molecule has 0 fully saturated rings. The second-order valence-electron chi connectivity index (χ2n) is 7.32. The van der Waals surface area contributed by atoms with Gasteiger partial charge in [-0.15, -0.1) is 0 Å². The minimum Gasteiger partial charge on any atom is -0.298 e. The van der Waals surface area contributed by atoms with Gasteiger partial charge in [-0.05, 0) is 41.7 Å². The number of rotatable bonds is 8.